The van der Waals surface area contributed by atoms with E-state index in [0.717, 1.165) is 31.3 Å². The van der Waals surface area contributed by atoms with Crippen LogP contribution in [0.4, 0.5) is 0 Å². The molecular formula is C17H28N2O. The molecule has 0 amide bonds. The van der Waals surface area contributed by atoms with Crippen LogP contribution in [-0.2, 0) is 13.1 Å². The number of rotatable bonds is 6. The summed E-state index contributed by atoms with van der Waals surface area (Å²) in [6.07, 6.45) is 1.30. The molecule has 0 aliphatic carbocycles. The van der Waals surface area contributed by atoms with E-state index in [0.29, 0.717) is 6.04 Å². The van der Waals surface area contributed by atoms with Crippen molar-refractivity contribution in [1.29, 1.82) is 0 Å². The predicted molar refractivity (Wildman–Crippen MR) is 84.0 cm³/mol. The maximum absolute atomic E-state index is 5.53. The van der Waals surface area contributed by atoms with E-state index in [9.17, 15) is 0 Å². The van der Waals surface area contributed by atoms with Gasteiger partial charge in [0.05, 0.1) is 7.11 Å². The van der Waals surface area contributed by atoms with Gasteiger partial charge in [-0.25, -0.2) is 0 Å². The first-order valence-electron chi connectivity index (χ1n) is 7.74. The summed E-state index contributed by atoms with van der Waals surface area (Å²) in [5.41, 5.74) is 2.64. The highest BCUT2D eigenvalue weighted by Crippen LogP contribution is 2.28. The van der Waals surface area contributed by atoms with Crippen molar-refractivity contribution in [2.24, 2.45) is 5.92 Å². The third-order valence-corrected chi connectivity index (χ3v) is 4.21. The second kappa shape index (κ2) is 7.09. The first-order valence-corrected chi connectivity index (χ1v) is 7.74. The minimum absolute atomic E-state index is 0.673. The molecule has 1 aromatic rings. The molecule has 2 unspecified atom stereocenters. The van der Waals surface area contributed by atoms with Crippen molar-refractivity contribution < 1.29 is 4.74 Å². The van der Waals surface area contributed by atoms with E-state index < -0.39 is 0 Å². The van der Waals surface area contributed by atoms with Crippen LogP contribution in [-0.4, -0.2) is 31.1 Å². The van der Waals surface area contributed by atoms with Crippen LogP contribution >= 0.6 is 0 Å². The fourth-order valence-electron chi connectivity index (χ4n) is 3.16. The highest BCUT2D eigenvalue weighted by Gasteiger charge is 2.26. The molecule has 0 aromatic heterocycles. The summed E-state index contributed by atoms with van der Waals surface area (Å²) in [5.74, 6) is 1.82. The van der Waals surface area contributed by atoms with Crippen molar-refractivity contribution in [2.75, 3.05) is 20.2 Å². The predicted octanol–water partition coefficient (Wildman–Crippen LogP) is 3.04. The standard InChI is InChI=1S/C17H28N2O/c1-5-18-10-15-6-7-17(20-4)16(9-15)12-19-11-13(2)8-14(19)3/h6-7,9,13-14,18H,5,8,10-12H2,1-4H3. The van der Waals surface area contributed by atoms with E-state index in [1.807, 2.05) is 0 Å². The summed E-state index contributed by atoms with van der Waals surface area (Å²) in [6.45, 7) is 10.9. The Hall–Kier alpha value is -1.06. The van der Waals surface area contributed by atoms with Crippen molar-refractivity contribution in [3.63, 3.8) is 0 Å². The van der Waals surface area contributed by atoms with Gasteiger partial charge < -0.3 is 10.1 Å². The monoisotopic (exact) mass is 276 g/mol. The number of hydrogen-bond donors (Lipinski definition) is 1. The summed E-state index contributed by atoms with van der Waals surface area (Å²) in [4.78, 5) is 2.57. The Morgan fingerprint density at radius 2 is 2.15 bits per heavy atom. The molecule has 112 valence electrons. The van der Waals surface area contributed by atoms with Gasteiger partial charge in [0.25, 0.3) is 0 Å². The summed E-state index contributed by atoms with van der Waals surface area (Å²) >= 11 is 0. The molecule has 0 spiro atoms. The van der Waals surface area contributed by atoms with E-state index in [1.54, 1.807) is 7.11 Å². The van der Waals surface area contributed by atoms with Crippen molar-refractivity contribution in [1.82, 2.24) is 10.2 Å². The maximum Gasteiger partial charge on any atom is 0.123 e. The van der Waals surface area contributed by atoms with Gasteiger partial charge in [0.1, 0.15) is 5.75 Å². The number of ether oxygens (including phenoxy) is 1. The van der Waals surface area contributed by atoms with Crippen molar-refractivity contribution in [2.45, 2.75) is 46.3 Å². The molecule has 0 saturated carbocycles. The first-order chi connectivity index (χ1) is 9.63. The third-order valence-electron chi connectivity index (χ3n) is 4.21. The second-order valence-corrected chi connectivity index (χ2v) is 6.05. The van der Waals surface area contributed by atoms with E-state index >= 15 is 0 Å². The molecule has 1 heterocycles. The van der Waals surface area contributed by atoms with Crippen LogP contribution < -0.4 is 10.1 Å². The average molecular weight is 276 g/mol. The van der Waals surface area contributed by atoms with E-state index in [-0.39, 0.29) is 0 Å². The normalized spacial score (nSPS) is 23.2. The number of hydrogen-bond acceptors (Lipinski definition) is 3. The number of nitrogens with one attached hydrogen (secondary N) is 1. The first kappa shape index (κ1) is 15.3. The van der Waals surface area contributed by atoms with E-state index in [4.69, 9.17) is 4.74 Å². The van der Waals surface area contributed by atoms with Crippen LogP contribution in [0.25, 0.3) is 0 Å². The number of benzene rings is 1. The molecule has 0 bridgehead atoms. The van der Waals surface area contributed by atoms with Gasteiger partial charge in [-0.15, -0.1) is 0 Å². The minimum Gasteiger partial charge on any atom is -0.496 e. The number of methoxy groups -OCH3 is 1. The lowest BCUT2D eigenvalue weighted by Crippen LogP contribution is -2.26. The lowest BCUT2D eigenvalue weighted by molar-refractivity contribution is 0.252. The van der Waals surface area contributed by atoms with Crippen LogP contribution in [0.5, 0.6) is 5.75 Å². The van der Waals surface area contributed by atoms with Gasteiger partial charge in [0, 0.05) is 31.2 Å². The molecule has 1 N–H and O–H groups in total. The Balaban J connectivity index is 2.11. The van der Waals surface area contributed by atoms with Gasteiger partial charge >= 0.3 is 0 Å². The molecular weight excluding hydrogens is 248 g/mol. The molecule has 3 nitrogen and oxygen atoms in total. The third kappa shape index (κ3) is 3.74. The van der Waals surface area contributed by atoms with Crippen LogP contribution in [0.15, 0.2) is 18.2 Å². The van der Waals surface area contributed by atoms with Crippen molar-refractivity contribution in [3.05, 3.63) is 29.3 Å². The molecule has 0 radical (unpaired) electrons. The topological polar surface area (TPSA) is 24.5 Å². The fraction of sp³-hybridized carbons (Fsp3) is 0.647. The van der Waals surface area contributed by atoms with Gasteiger partial charge in [0.2, 0.25) is 0 Å². The second-order valence-electron chi connectivity index (χ2n) is 6.05. The molecule has 2 rings (SSSR count). The highest BCUT2D eigenvalue weighted by molar-refractivity contribution is 5.37. The Bertz CT molecular complexity index is 433. The SMILES string of the molecule is CCNCc1ccc(OC)c(CN2CC(C)CC2C)c1. The summed E-state index contributed by atoms with van der Waals surface area (Å²) < 4.78 is 5.53. The van der Waals surface area contributed by atoms with Gasteiger partial charge in [-0.1, -0.05) is 19.9 Å². The Kier molecular flexibility index (Phi) is 5.44. The average Bonchev–Trinajstić information content (AvgIpc) is 2.75. The largest absolute Gasteiger partial charge is 0.496 e. The van der Waals surface area contributed by atoms with Crippen LogP contribution in [0.1, 0.15) is 38.3 Å². The zero-order valence-electron chi connectivity index (χ0n) is 13.3. The molecule has 1 aliphatic heterocycles. The Morgan fingerprint density at radius 3 is 2.75 bits per heavy atom. The van der Waals surface area contributed by atoms with E-state index in [2.05, 4.69) is 49.2 Å². The number of likely N-dealkylation sites (tertiary alicyclic amines) is 1. The molecule has 3 heteroatoms. The maximum atomic E-state index is 5.53. The summed E-state index contributed by atoms with van der Waals surface area (Å²) in [6, 6.07) is 7.22. The summed E-state index contributed by atoms with van der Waals surface area (Å²) in [7, 11) is 1.76. The van der Waals surface area contributed by atoms with E-state index in [1.165, 1.54) is 24.1 Å². The van der Waals surface area contributed by atoms with Gasteiger partial charge in [-0.05, 0) is 43.5 Å². The Morgan fingerprint density at radius 1 is 1.35 bits per heavy atom. The molecule has 20 heavy (non-hydrogen) atoms. The quantitative estimate of drug-likeness (QED) is 0.864. The molecule has 1 aliphatic rings. The fourth-order valence-corrected chi connectivity index (χ4v) is 3.16. The van der Waals surface area contributed by atoms with Gasteiger partial charge in [-0.2, -0.15) is 0 Å². The van der Waals surface area contributed by atoms with Crippen LogP contribution in [0.2, 0.25) is 0 Å². The van der Waals surface area contributed by atoms with Crippen LogP contribution in [0, 0.1) is 5.92 Å². The minimum atomic E-state index is 0.673. The smallest absolute Gasteiger partial charge is 0.123 e. The lowest BCUT2D eigenvalue weighted by Gasteiger charge is -2.22. The van der Waals surface area contributed by atoms with Crippen LogP contribution in [0.3, 0.4) is 0 Å². The number of nitrogens with zero attached hydrogens (tertiary/aromatic N) is 1. The summed E-state index contributed by atoms with van der Waals surface area (Å²) in [5, 5.41) is 3.38. The molecule has 2 atom stereocenters. The van der Waals surface area contributed by atoms with Crippen molar-refractivity contribution >= 4 is 0 Å². The van der Waals surface area contributed by atoms with Gasteiger partial charge in [-0.3, -0.25) is 4.90 Å². The zero-order valence-corrected chi connectivity index (χ0v) is 13.3. The molecule has 1 aromatic carbocycles. The lowest BCUT2D eigenvalue weighted by atomic mass is 10.1. The Labute approximate surface area is 123 Å². The van der Waals surface area contributed by atoms with Gasteiger partial charge in [0.15, 0.2) is 0 Å². The highest BCUT2D eigenvalue weighted by atomic mass is 16.5. The zero-order chi connectivity index (χ0) is 14.5. The molecule has 1 fully saturated rings. The van der Waals surface area contributed by atoms with Crippen molar-refractivity contribution in [3.8, 4) is 5.75 Å². The molecule has 1 saturated heterocycles.